The summed E-state index contributed by atoms with van der Waals surface area (Å²) in [5, 5.41) is 3.69. The van der Waals surface area contributed by atoms with Gasteiger partial charge in [-0.05, 0) is 72.5 Å². The number of hydroxylamine groups is 4. The van der Waals surface area contributed by atoms with Gasteiger partial charge in [0.1, 0.15) is 0 Å². The molecule has 8 heteroatoms. The zero-order chi connectivity index (χ0) is 35.9. The summed E-state index contributed by atoms with van der Waals surface area (Å²) in [5.41, 5.74) is 8.42. The van der Waals surface area contributed by atoms with Gasteiger partial charge < -0.3 is 9.68 Å². The minimum absolute atomic E-state index is 0.0821. The Balaban J connectivity index is 0.000000162. The van der Waals surface area contributed by atoms with Crippen molar-refractivity contribution in [3.05, 3.63) is 192 Å². The Labute approximate surface area is 306 Å². The van der Waals surface area contributed by atoms with E-state index in [1.165, 1.54) is 0 Å². The second-order valence-corrected chi connectivity index (χ2v) is 12.6. The molecule has 2 aliphatic heterocycles. The van der Waals surface area contributed by atoms with Gasteiger partial charge in [-0.1, -0.05) is 133 Å². The molecule has 0 saturated carbocycles. The largest absolute Gasteiger partial charge is 0.365 e. The Hall–Kier alpha value is -6.22. The van der Waals surface area contributed by atoms with Crippen molar-refractivity contribution in [3.63, 3.8) is 0 Å². The van der Waals surface area contributed by atoms with Gasteiger partial charge in [0.2, 0.25) is 0 Å². The zero-order valence-corrected chi connectivity index (χ0v) is 29.8. The highest BCUT2D eigenvalue weighted by Gasteiger charge is 2.40. The summed E-state index contributed by atoms with van der Waals surface area (Å²) in [6.07, 6.45) is -0.164. The highest BCUT2D eigenvalue weighted by atomic mass is 16.7. The van der Waals surface area contributed by atoms with Gasteiger partial charge in [-0.15, -0.1) is 10.1 Å². The SMILES string of the molecule is Cc1ccccc1N=C1ON(C)[C@@H](c2ccccc2)N1c1ccccc1.Cc1ccccc1N=C1ON(C)[C@H](c2ccccc2)N1c1ccccc1. The number of anilines is 2. The Morgan fingerprint density at radius 2 is 0.712 bits per heavy atom. The maximum Gasteiger partial charge on any atom is 0.319 e. The van der Waals surface area contributed by atoms with Crippen molar-refractivity contribution in [1.29, 1.82) is 0 Å². The predicted molar refractivity (Wildman–Crippen MR) is 210 cm³/mol. The standard InChI is InChI=1S/2C22H21N3O/c2*1-17-11-9-10-16-20(17)23-22-25(19-14-7-4-8-15-19)21(24(2)26-22)18-12-5-3-6-13-18/h2*3-16,21H,1-2H3/t2*21-/m10/s1. The van der Waals surface area contributed by atoms with Gasteiger partial charge in [-0.25, -0.2) is 0 Å². The smallest absolute Gasteiger partial charge is 0.319 e. The second-order valence-electron chi connectivity index (χ2n) is 12.6. The number of benzene rings is 6. The molecule has 0 unspecified atom stereocenters. The maximum absolute atomic E-state index is 6.06. The van der Waals surface area contributed by atoms with Gasteiger partial charge in [0.15, 0.2) is 12.3 Å². The van der Waals surface area contributed by atoms with Gasteiger partial charge >= 0.3 is 12.0 Å². The fourth-order valence-corrected chi connectivity index (χ4v) is 6.36. The second kappa shape index (κ2) is 15.8. The lowest BCUT2D eigenvalue weighted by molar-refractivity contribution is -0.0494. The van der Waals surface area contributed by atoms with E-state index in [0.717, 1.165) is 45.0 Å². The normalized spacial score (nSPS) is 18.9. The topological polar surface area (TPSA) is 56.1 Å². The number of rotatable bonds is 6. The van der Waals surface area contributed by atoms with Crippen molar-refractivity contribution in [3.8, 4) is 0 Å². The first kappa shape index (κ1) is 34.2. The van der Waals surface area contributed by atoms with E-state index in [1.807, 2.05) is 133 Å². The van der Waals surface area contributed by atoms with Crippen molar-refractivity contribution < 1.29 is 9.68 Å². The molecule has 0 spiro atoms. The van der Waals surface area contributed by atoms with Crippen LogP contribution < -0.4 is 9.80 Å². The van der Waals surface area contributed by atoms with E-state index in [-0.39, 0.29) is 12.3 Å². The molecule has 6 aromatic carbocycles. The van der Waals surface area contributed by atoms with Crippen LogP contribution in [0, 0.1) is 13.8 Å². The molecule has 0 amide bonds. The minimum atomic E-state index is -0.0821. The van der Waals surface area contributed by atoms with E-state index in [0.29, 0.717) is 12.0 Å². The number of hydrogen-bond donors (Lipinski definition) is 0. The van der Waals surface area contributed by atoms with Crippen molar-refractivity contribution in [2.45, 2.75) is 26.2 Å². The summed E-state index contributed by atoms with van der Waals surface area (Å²) < 4.78 is 0. The molecule has 2 heterocycles. The summed E-state index contributed by atoms with van der Waals surface area (Å²) in [7, 11) is 3.88. The van der Waals surface area contributed by atoms with Gasteiger partial charge in [0.25, 0.3) is 0 Å². The first-order valence-electron chi connectivity index (χ1n) is 17.4. The van der Waals surface area contributed by atoms with Crippen LogP contribution in [0.15, 0.2) is 180 Å². The maximum atomic E-state index is 6.06. The van der Waals surface area contributed by atoms with E-state index in [9.17, 15) is 0 Å². The highest BCUT2D eigenvalue weighted by Crippen LogP contribution is 2.38. The molecule has 2 saturated heterocycles. The average molecular weight is 687 g/mol. The average Bonchev–Trinajstić information content (AvgIpc) is 3.69. The summed E-state index contributed by atoms with van der Waals surface area (Å²) in [4.78, 5) is 26.0. The van der Waals surface area contributed by atoms with Gasteiger partial charge in [-0.2, -0.15) is 9.98 Å². The van der Waals surface area contributed by atoms with Crippen LogP contribution in [0.4, 0.5) is 22.7 Å². The quantitative estimate of drug-likeness (QED) is 0.174. The molecule has 0 bridgehead atoms. The molecule has 0 aliphatic carbocycles. The molecule has 8 rings (SSSR count). The Morgan fingerprint density at radius 3 is 1.06 bits per heavy atom. The van der Waals surface area contributed by atoms with Crippen molar-refractivity contribution >= 4 is 34.8 Å². The lowest BCUT2D eigenvalue weighted by Gasteiger charge is -2.25. The molecular weight excluding hydrogens is 645 g/mol. The number of nitrogens with zero attached hydrogens (tertiary/aromatic N) is 6. The van der Waals surface area contributed by atoms with Gasteiger partial charge in [0, 0.05) is 25.5 Å². The minimum Gasteiger partial charge on any atom is -0.365 e. The fourth-order valence-electron chi connectivity index (χ4n) is 6.36. The van der Waals surface area contributed by atoms with Gasteiger partial charge in [-0.3, -0.25) is 9.80 Å². The Morgan fingerprint density at radius 1 is 0.404 bits per heavy atom. The molecule has 8 nitrogen and oxygen atoms in total. The van der Waals surface area contributed by atoms with E-state index in [1.54, 1.807) is 0 Å². The first-order chi connectivity index (χ1) is 25.5. The number of hydrogen-bond acceptors (Lipinski definition) is 6. The van der Waals surface area contributed by atoms with Crippen molar-refractivity contribution in [2.24, 2.45) is 9.98 Å². The molecule has 6 aromatic rings. The van der Waals surface area contributed by atoms with E-state index in [2.05, 4.69) is 84.3 Å². The molecule has 0 N–H and O–H groups in total. The van der Waals surface area contributed by atoms with E-state index < -0.39 is 0 Å². The van der Waals surface area contributed by atoms with E-state index >= 15 is 0 Å². The van der Waals surface area contributed by atoms with Crippen LogP contribution >= 0.6 is 0 Å². The van der Waals surface area contributed by atoms with Crippen LogP contribution in [0.3, 0.4) is 0 Å². The number of para-hydroxylation sites is 4. The summed E-state index contributed by atoms with van der Waals surface area (Å²) in [6, 6.07) is 58.4. The molecule has 260 valence electrons. The highest BCUT2D eigenvalue weighted by molar-refractivity contribution is 5.96. The molecule has 0 aromatic heterocycles. The first-order valence-corrected chi connectivity index (χ1v) is 17.4. The summed E-state index contributed by atoms with van der Waals surface area (Å²) >= 11 is 0. The van der Waals surface area contributed by atoms with Crippen molar-refractivity contribution in [2.75, 3.05) is 23.9 Å². The molecule has 2 aliphatic rings. The molecule has 0 radical (unpaired) electrons. The van der Waals surface area contributed by atoms with Crippen LogP contribution in [-0.4, -0.2) is 36.3 Å². The Bertz CT molecular complexity index is 1970. The fraction of sp³-hybridized carbons (Fsp3) is 0.136. The third-order valence-corrected chi connectivity index (χ3v) is 8.97. The number of aryl methyl sites for hydroxylation is 2. The number of aliphatic imine (C=N–C) groups is 2. The van der Waals surface area contributed by atoms with Crippen LogP contribution in [0.5, 0.6) is 0 Å². The van der Waals surface area contributed by atoms with Gasteiger partial charge in [0.05, 0.1) is 11.4 Å². The Kier molecular flexibility index (Phi) is 10.4. The third kappa shape index (κ3) is 7.44. The van der Waals surface area contributed by atoms with Crippen LogP contribution in [0.25, 0.3) is 0 Å². The summed E-state index contributed by atoms with van der Waals surface area (Å²) in [6.45, 7) is 4.11. The van der Waals surface area contributed by atoms with Crippen LogP contribution in [-0.2, 0) is 9.68 Å². The molecule has 2 fully saturated rings. The predicted octanol–water partition coefficient (Wildman–Crippen LogP) is 10.1. The van der Waals surface area contributed by atoms with Crippen LogP contribution in [0.2, 0.25) is 0 Å². The number of amidine groups is 2. The van der Waals surface area contributed by atoms with Crippen LogP contribution in [0.1, 0.15) is 34.6 Å². The third-order valence-electron chi connectivity index (χ3n) is 8.97. The molecule has 2 atom stereocenters. The summed E-state index contributed by atoms with van der Waals surface area (Å²) in [5.74, 6) is 0. The van der Waals surface area contributed by atoms with E-state index in [4.69, 9.17) is 19.7 Å². The lowest BCUT2D eigenvalue weighted by atomic mass is 10.1. The van der Waals surface area contributed by atoms with Crippen molar-refractivity contribution in [1.82, 2.24) is 10.1 Å². The monoisotopic (exact) mass is 686 g/mol. The molecule has 52 heavy (non-hydrogen) atoms. The zero-order valence-electron chi connectivity index (χ0n) is 29.8. The lowest BCUT2D eigenvalue weighted by Crippen LogP contribution is -2.30. The molecular formula is C44H42N6O2.